The molecule has 35 heavy (non-hydrogen) atoms. The summed E-state index contributed by atoms with van der Waals surface area (Å²) in [5.74, 6) is 1.24. The van der Waals surface area contributed by atoms with E-state index in [-0.39, 0.29) is 6.61 Å². The third kappa shape index (κ3) is 4.51. The van der Waals surface area contributed by atoms with Gasteiger partial charge in [0.25, 0.3) is 11.3 Å². The predicted molar refractivity (Wildman–Crippen MR) is 147 cm³/mol. The fraction of sp³-hybridized carbons (Fsp3) is 0.100. The van der Waals surface area contributed by atoms with E-state index in [1.54, 1.807) is 0 Å². The molecule has 0 atom stereocenters. The number of anilines is 1. The molecule has 0 unspecified atom stereocenters. The maximum absolute atomic E-state index is 9.41. The SMILES string of the molecule is OCCCNc1oc(-c2ccccc2)nc1[P+](c1ccccc1)(c1ccccc1)c1ccccc1. The minimum absolute atomic E-state index is 0.109. The predicted octanol–water partition coefficient (Wildman–Crippen LogP) is 4.76. The topological polar surface area (TPSA) is 58.3 Å². The Bertz CT molecular complexity index is 1240. The summed E-state index contributed by atoms with van der Waals surface area (Å²) in [5, 5.41) is 16.5. The van der Waals surface area contributed by atoms with Gasteiger partial charge in [0.1, 0.15) is 15.9 Å². The Labute approximate surface area is 206 Å². The van der Waals surface area contributed by atoms with Crippen molar-refractivity contribution in [3.63, 3.8) is 0 Å². The third-order valence-corrected chi connectivity index (χ3v) is 10.2. The van der Waals surface area contributed by atoms with Crippen LogP contribution in [-0.2, 0) is 0 Å². The molecule has 2 N–H and O–H groups in total. The summed E-state index contributed by atoms with van der Waals surface area (Å²) in [5.41, 5.74) is 1.83. The average molecular weight is 480 g/mol. The molecule has 0 spiro atoms. The summed E-state index contributed by atoms with van der Waals surface area (Å²) < 4.78 is 6.44. The van der Waals surface area contributed by atoms with Gasteiger partial charge in [-0.05, 0) is 55.0 Å². The molecule has 0 saturated heterocycles. The second-order valence-corrected chi connectivity index (χ2v) is 11.5. The Morgan fingerprint density at radius 3 is 1.57 bits per heavy atom. The minimum atomic E-state index is -2.42. The molecule has 0 saturated carbocycles. The summed E-state index contributed by atoms with van der Waals surface area (Å²) in [6.45, 7) is 0.698. The van der Waals surface area contributed by atoms with Crippen LogP contribution in [0.1, 0.15) is 6.42 Å². The summed E-state index contributed by atoms with van der Waals surface area (Å²) in [4.78, 5) is 5.22. The lowest BCUT2D eigenvalue weighted by Gasteiger charge is -2.25. The number of nitrogens with zero attached hydrogens (tertiary/aromatic N) is 1. The molecular weight excluding hydrogens is 451 g/mol. The highest BCUT2D eigenvalue weighted by Crippen LogP contribution is 2.55. The molecule has 5 heteroatoms. The fourth-order valence-electron chi connectivity index (χ4n) is 4.41. The number of rotatable bonds is 9. The molecule has 0 bridgehead atoms. The molecule has 4 aromatic carbocycles. The van der Waals surface area contributed by atoms with Crippen molar-refractivity contribution in [2.24, 2.45) is 0 Å². The Kier molecular flexibility index (Phi) is 7.04. The number of aromatic nitrogens is 1. The zero-order chi connectivity index (χ0) is 23.9. The number of hydrogen-bond acceptors (Lipinski definition) is 4. The number of oxazole rings is 1. The summed E-state index contributed by atoms with van der Waals surface area (Å²) >= 11 is 0. The molecule has 0 aliphatic carbocycles. The highest BCUT2D eigenvalue weighted by atomic mass is 31.2. The van der Waals surface area contributed by atoms with E-state index < -0.39 is 7.26 Å². The van der Waals surface area contributed by atoms with Gasteiger partial charge in [0.05, 0.1) is 0 Å². The van der Waals surface area contributed by atoms with Crippen molar-refractivity contribution < 1.29 is 9.52 Å². The second-order valence-electron chi connectivity index (χ2n) is 8.22. The number of hydrogen-bond donors (Lipinski definition) is 2. The number of nitrogens with one attached hydrogen (secondary N) is 1. The van der Waals surface area contributed by atoms with E-state index in [0.29, 0.717) is 24.7 Å². The van der Waals surface area contributed by atoms with Gasteiger partial charge in [0, 0.05) is 18.7 Å². The van der Waals surface area contributed by atoms with E-state index in [9.17, 15) is 5.11 Å². The average Bonchev–Trinajstić information content (AvgIpc) is 3.36. The Hall–Kier alpha value is -3.72. The van der Waals surface area contributed by atoms with Gasteiger partial charge < -0.3 is 14.8 Å². The molecule has 0 radical (unpaired) electrons. The smallest absolute Gasteiger partial charge is 0.261 e. The van der Waals surface area contributed by atoms with Crippen LogP contribution in [-0.4, -0.2) is 23.2 Å². The lowest BCUT2D eigenvalue weighted by Crippen LogP contribution is -2.40. The van der Waals surface area contributed by atoms with Crippen LogP contribution in [0.5, 0.6) is 0 Å². The summed E-state index contributed by atoms with van der Waals surface area (Å²) in [7, 11) is -2.42. The molecule has 1 aromatic heterocycles. The van der Waals surface area contributed by atoms with Crippen LogP contribution in [0.4, 0.5) is 5.88 Å². The molecular formula is C30H28N2O2P+. The first-order valence-corrected chi connectivity index (χ1v) is 13.6. The molecule has 1 heterocycles. The van der Waals surface area contributed by atoms with Crippen LogP contribution in [0.2, 0.25) is 0 Å². The highest BCUT2D eigenvalue weighted by molar-refractivity contribution is 8.01. The first-order chi connectivity index (χ1) is 17.3. The lowest BCUT2D eigenvalue weighted by atomic mass is 10.2. The third-order valence-electron chi connectivity index (χ3n) is 6.00. The van der Waals surface area contributed by atoms with Crippen molar-refractivity contribution in [1.29, 1.82) is 0 Å². The van der Waals surface area contributed by atoms with Gasteiger partial charge in [-0.1, -0.05) is 72.8 Å². The van der Waals surface area contributed by atoms with E-state index in [2.05, 4.69) is 78.1 Å². The van der Waals surface area contributed by atoms with Crippen LogP contribution in [0.15, 0.2) is 126 Å². The van der Waals surface area contributed by atoms with Gasteiger partial charge in [-0.25, -0.2) is 0 Å². The van der Waals surface area contributed by atoms with E-state index in [1.807, 2.05) is 48.5 Å². The molecule has 0 amide bonds. The van der Waals surface area contributed by atoms with Crippen LogP contribution < -0.4 is 26.7 Å². The van der Waals surface area contributed by atoms with E-state index in [0.717, 1.165) is 11.0 Å². The second kappa shape index (κ2) is 10.7. The maximum Gasteiger partial charge on any atom is 0.261 e. The fourth-order valence-corrected chi connectivity index (χ4v) is 8.56. The van der Waals surface area contributed by atoms with Crippen molar-refractivity contribution >= 4 is 34.5 Å². The summed E-state index contributed by atoms with van der Waals surface area (Å²) in [6.07, 6.45) is 0.619. The van der Waals surface area contributed by atoms with Gasteiger partial charge in [0.15, 0.2) is 7.26 Å². The van der Waals surface area contributed by atoms with Crippen molar-refractivity contribution in [3.8, 4) is 11.5 Å². The standard InChI is InChI=1S/C30H28N2O2P/c33-23-13-22-31-29-30(32-28(34-29)24-14-5-1-6-15-24)35(25-16-7-2-8-17-25,26-18-9-3-10-19-26)27-20-11-4-12-21-27/h1-12,14-21,31,33H,13,22-23H2/q+1. The molecule has 0 aliphatic rings. The monoisotopic (exact) mass is 479 g/mol. The molecule has 5 aromatic rings. The zero-order valence-electron chi connectivity index (χ0n) is 19.4. The molecule has 5 rings (SSSR count). The summed E-state index contributed by atoms with van der Waals surface area (Å²) in [6, 6.07) is 41.9. The highest BCUT2D eigenvalue weighted by Gasteiger charge is 2.53. The molecule has 0 aliphatic heterocycles. The van der Waals surface area contributed by atoms with Gasteiger partial charge in [-0.15, -0.1) is 0 Å². The first kappa shape index (κ1) is 23.0. The van der Waals surface area contributed by atoms with Crippen molar-refractivity contribution in [3.05, 3.63) is 121 Å². The van der Waals surface area contributed by atoms with Crippen molar-refractivity contribution in [2.75, 3.05) is 18.5 Å². The van der Waals surface area contributed by atoms with Gasteiger partial charge in [-0.2, -0.15) is 4.98 Å². The maximum atomic E-state index is 9.41. The van der Waals surface area contributed by atoms with Crippen molar-refractivity contribution in [2.45, 2.75) is 6.42 Å². The lowest BCUT2D eigenvalue weighted by molar-refractivity contribution is 0.292. The quantitative estimate of drug-likeness (QED) is 0.237. The van der Waals surface area contributed by atoms with Gasteiger partial charge >= 0.3 is 0 Å². The Morgan fingerprint density at radius 1 is 0.657 bits per heavy atom. The van der Waals surface area contributed by atoms with Crippen LogP contribution in [0.25, 0.3) is 11.5 Å². The minimum Gasteiger partial charge on any atom is -0.416 e. The van der Waals surface area contributed by atoms with Crippen LogP contribution in [0, 0.1) is 0 Å². The van der Waals surface area contributed by atoms with Crippen molar-refractivity contribution in [1.82, 2.24) is 4.98 Å². The number of aliphatic hydroxyl groups is 1. The van der Waals surface area contributed by atoms with Crippen LogP contribution >= 0.6 is 7.26 Å². The number of aliphatic hydroxyl groups excluding tert-OH is 1. The van der Waals surface area contributed by atoms with Gasteiger partial charge in [0.2, 0.25) is 5.89 Å². The van der Waals surface area contributed by atoms with Gasteiger partial charge in [-0.3, -0.25) is 0 Å². The molecule has 0 fully saturated rings. The van der Waals surface area contributed by atoms with E-state index in [1.165, 1.54) is 15.9 Å². The Balaban J connectivity index is 1.84. The normalized spacial score (nSPS) is 11.3. The van der Waals surface area contributed by atoms with Crippen LogP contribution in [0.3, 0.4) is 0 Å². The largest absolute Gasteiger partial charge is 0.416 e. The Morgan fingerprint density at radius 2 is 1.11 bits per heavy atom. The van der Waals surface area contributed by atoms with E-state index >= 15 is 0 Å². The molecule has 174 valence electrons. The first-order valence-electron chi connectivity index (χ1n) is 11.8. The number of benzene rings is 4. The molecule has 4 nitrogen and oxygen atoms in total. The zero-order valence-corrected chi connectivity index (χ0v) is 20.3. The van der Waals surface area contributed by atoms with E-state index in [4.69, 9.17) is 9.40 Å².